The fraction of sp³-hybridized carbons (Fsp3) is 0.387. The first-order valence-electron chi connectivity index (χ1n) is 13.0. The van der Waals surface area contributed by atoms with E-state index in [0.29, 0.717) is 23.4 Å². The predicted molar refractivity (Wildman–Crippen MR) is 145 cm³/mol. The Morgan fingerprint density at radius 2 is 1.84 bits per heavy atom. The lowest BCUT2D eigenvalue weighted by atomic mass is 9.82. The van der Waals surface area contributed by atoms with E-state index in [1.165, 1.54) is 5.56 Å². The lowest BCUT2D eigenvalue weighted by molar-refractivity contribution is -0.151. The highest BCUT2D eigenvalue weighted by molar-refractivity contribution is 5.86. The lowest BCUT2D eigenvalue weighted by Gasteiger charge is -2.28. The number of ether oxygens (including phenoxy) is 3. The van der Waals surface area contributed by atoms with Crippen LogP contribution in [0.3, 0.4) is 0 Å². The zero-order valence-electron chi connectivity index (χ0n) is 22.4. The molecule has 0 spiro atoms. The second kappa shape index (κ2) is 11.6. The van der Waals surface area contributed by atoms with Crippen molar-refractivity contribution >= 4 is 22.8 Å². The van der Waals surface area contributed by atoms with Crippen molar-refractivity contribution in [2.45, 2.75) is 64.6 Å². The molecular weight excluding hydrogens is 480 g/mol. The fourth-order valence-electron chi connectivity index (χ4n) is 4.78. The maximum Gasteiger partial charge on any atom is 0.407 e. The summed E-state index contributed by atoms with van der Waals surface area (Å²) in [6.45, 7) is 7.98. The first kappa shape index (κ1) is 27.0. The molecule has 0 saturated heterocycles. The molecule has 0 heterocycles. The van der Waals surface area contributed by atoms with Gasteiger partial charge < -0.3 is 19.5 Å². The molecule has 3 aromatic carbocycles. The fourth-order valence-corrected chi connectivity index (χ4v) is 4.78. The van der Waals surface area contributed by atoms with Gasteiger partial charge in [-0.15, -0.1) is 0 Å². The SMILES string of the molecule is CCOC(=O)C(Oc1ccc2c(c1)C(CNC(=O)OC(C)(C)C)CCC2)c1ccc2cc(C#N)ccc2c1. The molecule has 38 heavy (non-hydrogen) atoms. The van der Waals surface area contributed by atoms with E-state index in [1.54, 1.807) is 13.0 Å². The normalized spacial score (nSPS) is 15.6. The molecule has 0 bridgehead atoms. The molecule has 1 N–H and O–H groups in total. The van der Waals surface area contributed by atoms with Crippen molar-refractivity contribution in [1.29, 1.82) is 5.26 Å². The number of aryl methyl sites for hydroxylation is 1. The lowest BCUT2D eigenvalue weighted by Crippen LogP contribution is -2.35. The van der Waals surface area contributed by atoms with Crippen molar-refractivity contribution in [3.05, 3.63) is 76.9 Å². The van der Waals surface area contributed by atoms with E-state index >= 15 is 0 Å². The van der Waals surface area contributed by atoms with Crippen molar-refractivity contribution in [3.8, 4) is 11.8 Å². The molecule has 2 atom stereocenters. The van der Waals surface area contributed by atoms with E-state index in [2.05, 4.69) is 11.4 Å². The molecule has 198 valence electrons. The number of alkyl carbamates (subject to hydrolysis) is 1. The average Bonchev–Trinajstić information content (AvgIpc) is 2.89. The third-order valence-electron chi connectivity index (χ3n) is 6.50. The summed E-state index contributed by atoms with van der Waals surface area (Å²) in [4.78, 5) is 25.2. The Hall–Kier alpha value is -4.05. The molecule has 0 radical (unpaired) electrons. The van der Waals surface area contributed by atoms with Crippen LogP contribution in [0, 0.1) is 11.3 Å². The van der Waals surface area contributed by atoms with Gasteiger partial charge in [0.1, 0.15) is 11.4 Å². The van der Waals surface area contributed by atoms with Crippen molar-refractivity contribution in [2.24, 2.45) is 0 Å². The number of esters is 1. The number of carbonyl (C=O) groups is 2. The Balaban J connectivity index is 1.58. The summed E-state index contributed by atoms with van der Waals surface area (Å²) >= 11 is 0. The number of benzene rings is 3. The van der Waals surface area contributed by atoms with Crippen LogP contribution in [-0.2, 0) is 20.7 Å². The maximum absolute atomic E-state index is 13.0. The molecule has 1 amide bonds. The van der Waals surface area contributed by atoms with Gasteiger partial charge in [-0.25, -0.2) is 9.59 Å². The molecule has 3 aromatic rings. The summed E-state index contributed by atoms with van der Waals surface area (Å²) in [6.07, 6.45) is 1.54. The van der Waals surface area contributed by atoms with Gasteiger partial charge in [0.15, 0.2) is 0 Å². The van der Waals surface area contributed by atoms with Crippen LogP contribution in [0.2, 0.25) is 0 Å². The van der Waals surface area contributed by atoms with Crippen molar-refractivity contribution < 1.29 is 23.8 Å². The predicted octanol–water partition coefficient (Wildman–Crippen LogP) is 6.34. The van der Waals surface area contributed by atoms with Crippen LogP contribution in [0.5, 0.6) is 5.75 Å². The van der Waals surface area contributed by atoms with Gasteiger partial charge in [0.2, 0.25) is 6.10 Å². The number of nitrogens with one attached hydrogen (secondary N) is 1. The minimum absolute atomic E-state index is 0.117. The Bertz CT molecular complexity index is 1370. The Morgan fingerprint density at radius 1 is 1.08 bits per heavy atom. The monoisotopic (exact) mass is 514 g/mol. The van der Waals surface area contributed by atoms with Gasteiger partial charge in [0.05, 0.1) is 18.2 Å². The molecule has 0 fully saturated rings. The molecule has 0 aromatic heterocycles. The Labute approximate surface area is 223 Å². The Morgan fingerprint density at radius 3 is 2.58 bits per heavy atom. The van der Waals surface area contributed by atoms with Gasteiger partial charge in [0, 0.05) is 18.0 Å². The average molecular weight is 515 g/mol. The van der Waals surface area contributed by atoms with Gasteiger partial charge >= 0.3 is 12.1 Å². The zero-order chi connectivity index (χ0) is 27.3. The Kier molecular flexibility index (Phi) is 8.21. The summed E-state index contributed by atoms with van der Waals surface area (Å²) in [7, 11) is 0. The minimum Gasteiger partial charge on any atom is -0.474 e. The topological polar surface area (TPSA) is 97.7 Å². The van der Waals surface area contributed by atoms with Crippen molar-refractivity contribution in [3.63, 3.8) is 0 Å². The maximum atomic E-state index is 13.0. The quantitative estimate of drug-likeness (QED) is 0.370. The second-order valence-electron chi connectivity index (χ2n) is 10.5. The number of rotatable bonds is 7. The summed E-state index contributed by atoms with van der Waals surface area (Å²) in [6, 6.07) is 19.1. The van der Waals surface area contributed by atoms with Crippen LogP contribution in [0.25, 0.3) is 10.8 Å². The summed E-state index contributed by atoms with van der Waals surface area (Å²) in [5.74, 6) is 0.207. The number of fused-ring (bicyclic) bond motifs is 2. The smallest absolute Gasteiger partial charge is 0.407 e. The van der Waals surface area contributed by atoms with E-state index in [-0.39, 0.29) is 12.5 Å². The largest absolute Gasteiger partial charge is 0.474 e. The summed E-state index contributed by atoms with van der Waals surface area (Å²) in [5.41, 5.74) is 3.01. The molecule has 1 aliphatic carbocycles. The van der Waals surface area contributed by atoms with Gasteiger partial charge in [-0.05, 0) is 99.2 Å². The number of amides is 1. The van der Waals surface area contributed by atoms with Crippen LogP contribution in [-0.4, -0.2) is 30.8 Å². The number of hydrogen-bond donors (Lipinski definition) is 1. The second-order valence-corrected chi connectivity index (χ2v) is 10.5. The molecule has 4 rings (SSSR count). The number of nitriles is 1. The van der Waals surface area contributed by atoms with Gasteiger partial charge in [-0.3, -0.25) is 0 Å². The number of hydrogen-bond acceptors (Lipinski definition) is 6. The van der Waals surface area contributed by atoms with E-state index < -0.39 is 23.8 Å². The molecule has 7 nitrogen and oxygen atoms in total. The molecular formula is C31H34N2O5. The highest BCUT2D eigenvalue weighted by Crippen LogP contribution is 2.35. The minimum atomic E-state index is -0.949. The van der Waals surface area contributed by atoms with Crippen molar-refractivity contribution in [2.75, 3.05) is 13.2 Å². The summed E-state index contributed by atoms with van der Waals surface area (Å²) in [5, 5.41) is 13.9. The van der Waals surface area contributed by atoms with Gasteiger partial charge in [0.25, 0.3) is 0 Å². The standard InChI is InChI=1S/C31H34N2O5/c1-5-36-29(34)28(24-12-11-22-15-20(18-32)9-10-23(22)16-24)37-26-14-13-21-7-6-8-25(27(21)17-26)19-33-30(35)38-31(2,3)4/h9-17,25,28H,5-8,19H2,1-4H3,(H,33,35). The van der Waals surface area contributed by atoms with E-state index in [9.17, 15) is 14.9 Å². The van der Waals surface area contributed by atoms with E-state index in [0.717, 1.165) is 35.6 Å². The zero-order valence-corrected chi connectivity index (χ0v) is 22.4. The van der Waals surface area contributed by atoms with Crippen LogP contribution >= 0.6 is 0 Å². The highest BCUT2D eigenvalue weighted by atomic mass is 16.6. The molecule has 1 aliphatic rings. The first-order chi connectivity index (χ1) is 18.2. The van der Waals surface area contributed by atoms with Crippen LogP contribution < -0.4 is 10.1 Å². The molecule has 0 saturated carbocycles. The summed E-state index contributed by atoms with van der Waals surface area (Å²) < 4.78 is 17.0. The number of carbonyl (C=O) groups excluding carboxylic acids is 2. The van der Waals surface area contributed by atoms with Crippen LogP contribution in [0.15, 0.2) is 54.6 Å². The first-order valence-corrected chi connectivity index (χ1v) is 13.0. The molecule has 7 heteroatoms. The third kappa shape index (κ3) is 6.63. The number of nitrogens with zero attached hydrogens (tertiary/aromatic N) is 1. The van der Waals surface area contributed by atoms with Crippen molar-refractivity contribution in [1.82, 2.24) is 5.32 Å². The third-order valence-corrected chi connectivity index (χ3v) is 6.50. The highest BCUT2D eigenvalue weighted by Gasteiger charge is 2.27. The van der Waals surface area contributed by atoms with Gasteiger partial charge in [-0.2, -0.15) is 5.26 Å². The van der Waals surface area contributed by atoms with Gasteiger partial charge in [-0.1, -0.05) is 24.3 Å². The van der Waals surface area contributed by atoms with Crippen LogP contribution in [0.1, 0.15) is 74.8 Å². The molecule has 0 aliphatic heterocycles. The van der Waals surface area contributed by atoms with Crippen LogP contribution in [0.4, 0.5) is 4.79 Å². The molecule has 2 unspecified atom stereocenters. The van der Waals surface area contributed by atoms with E-state index in [4.69, 9.17) is 14.2 Å². The van der Waals surface area contributed by atoms with E-state index in [1.807, 2.05) is 69.3 Å².